The minimum Gasteiger partial charge on any atom is -0.481 e. The number of amides is 1. The van der Waals surface area contributed by atoms with Gasteiger partial charge in [0.05, 0.1) is 0 Å². The van der Waals surface area contributed by atoms with Gasteiger partial charge in [-0.05, 0) is 42.7 Å². The smallest absolute Gasteiger partial charge is 0.261 e. The predicted molar refractivity (Wildman–Crippen MR) is 89.3 cm³/mol. The summed E-state index contributed by atoms with van der Waals surface area (Å²) in [5, 5.41) is 3.63. The molecule has 4 heteroatoms. The highest BCUT2D eigenvalue weighted by Crippen LogP contribution is 2.13. The largest absolute Gasteiger partial charge is 0.481 e. The van der Waals surface area contributed by atoms with Gasteiger partial charge in [-0.1, -0.05) is 48.9 Å². The average molecular weight is 318 g/mol. The van der Waals surface area contributed by atoms with Crippen molar-refractivity contribution in [1.29, 1.82) is 0 Å². The fraction of sp³-hybridized carbons (Fsp3) is 0.278. The summed E-state index contributed by atoms with van der Waals surface area (Å²) in [6.07, 6.45) is 0.896. The lowest BCUT2D eigenvalue weighted by Crippen LogP contribution is -2.38. The molecule has 0 saturated carbocycles. The average Bonchev–Trinajstić information content (AvgIpc) is 2.53. The van der Waals surface area contributed by atoms with E-state index in [4.69, 9.17) is 16.3 Å². The SMILES string of the molecule is CCC(Oc1ccccc1)C(=O)NCCc1cccc(Cl)c1. The van der Waals surface area contributed by atoms with Crippen molar-refractivity contribution >= 4 is 17.5 Å². The van der Waals surface area contributed by atoms with Crippen molar-refractivity contribution in [3.05, 3.63) is 65.2 Å². The molecule has 1 N–H and O–H groups in total. The van der Waals surface area contributed by atoms with Gasteiger partial charge in [-0.15, -0.1) is 0 Å². The number of hydrogen-bond acceptors (Lipinski definition) is 2. The number of para-hydroxylation sites is 1. The van der Waals surface area contributed by atoms with Gasteiger partial charge in [-0.3, -0.25) is 4.79 Å². The highest BCUT2D eigenvalue weighted by atomic mass is 35.5. The third kappa shape index (κ3) is 5.08. The second kappa shape index (κ2) is 8.44. The number of halogens is 1. The molecule has 1 atom stereocenters. The molecular weight excluding hydrogens is 298 g/mol. The van der Waals surface area contributed by atoms with Crippen molar-refractivity contribution in [2.45, 2.75) is 25.9 Å². The first-order chi connectivity index (χ1) is 10.7. The summed E-state index contributed by atoms with van der Waals surface area (Å²) in [5.41, 5.74) is 1.10. The van der Waals surface area contributed by atoms with Crippen LogP contribution in [0.1, 0.15) is 18.9 Å². The number of rotatable bonds is 7. The molecule has 0 bridgehead atoms. The molecule has 0 aromatic heterocycles. The van der Waals surface area contributed by atoms with E-state index in [-0.39, 0.29) is 5.91 Å². The third-order valence-corrected chi connectivity index (χ3v) is 3.52. The Morgan fingerprint density at radius 3 is 2.64 bits per heavy atom. The molecule has 0 aliphatic heterocycles. The van der Waals surface area contributed by atoms with Crippen LogP contribution < -0.4 is 10.1 Å². The molecule has 0 spiro atoms. The van der Waals surface area contributed by atoms with Gasteiger partial charge < -0.3 is 10.1 Å². The summed E-state index contributed by atoms with van der Waals surface area (Å²) >= 11 is 5.94. The molecular formula is C18H20ClNO2. The van der Waals surface area contributed by atoms with Crippen LogP contribution in [0.15, 0.2) is 54.6 Å². The van der Waals surface area contributed by atoms with E-state index in [0.29, 0.717) is 23.7 Å². The maximum Gasteiger partial charge on any atom is 0.261 e. The van der Waals surface area contributed by atoms with Crippen LogP contribution in [0.3, 0.4) is 0 Å². The van der Waals surface area contributed by atoms with Gasteiger partial charge in [0.1, 0.15) is 5.75 Å². The molecule has 0 heterocycles. The first-order valence-corrected chi connectivity index (χ1v) is 7.80. The number of carbonyl (C=O) groups is 1. The summed E-state index contributed by atoms with van der Waals surface area (Å²) in [6.45, 7) is 2.50. The van der Waals surface area contributed by atoms with Crippen molar-refractivity contribution < 1.29 is 9.53 Å². The highest BCUT2D eigenvalue weighted by Gasteiger charge is 2.17. The minimum atomic E-state index is -0.471. The number of nitrogens with one attached hydrogen (secondary N) is 1. The summed E-state index contributed by atoms with van der Waals surface area (Å²) in [4.78, 5) is 12.2. The van der Waals surface area contributed by atoms with E-state index in [1.165, 1.54) is 0 Å². The Morgan fingerprint density at radius 1 is 1.18 bits per heavy atom. The number of hydrogen-bond donors (Lipinski definition) is 1. The van der Waals surface area contributed by atoms with Crippen LogP contribution in [0.5, 0.6) is 5.75 Å². The molecule has 0 fully saturated rings. The fourth-order valence-electron chi connectivity index (χ4n) is 2.12. The molecule has 22 heavy (non-hydrogen) atoms. The van der Waals surface area contributed by atoms with E-state index in [9.17, 15) is 4.79 Å². The van der Waals surface area contributed by atoms with Crippen LogP contribution in [0.4, 0.5) is 0 Å². The van der Waals surface area contributed by atoms with E-state index < -0.39 is 6.10 Å². The van der Waals surface area contributed by atoms with Crippen LogP contribution in [0.25, 0.3) is 0 Å². The van der Waals surface area contributed by atoms with Crippen LogP contribution in [0, 0.1) is 0 Å². The van der Waals surface area contributed by atoms with Crippen LogP contribution in [-0.2, 0) is 11.2 Å². The zero-order valence-corrected chi connectivity index (χ0v) is 13.3. The Labute approximate surface area is 136 Å². The van der Waals surface area contributed by atoms with Crippen LogP contribution >= 0.6 is 11.6 Å². The van der Waals surface area contributed by atoms with Gasteiger partial charge in [0.25, 0.3) is 5.91 Å². The Kier molecular flexibility index (Phi) is 6.28. The van der Waals surface area contributed by atoms with E-state index in [0.717, 1.165) is 12.0 Å². The zero-order valence-electron chi connectivity index (χ0n) is 12.6. The molecule has 2 aromatic rings. The van der Waals surface area contributed by atoms with Crippen molar-refractivity contribution in [2.24, 2.45) is 0 Å². The molecule has 0 aliphatic carbocycles. The standard InChI is InChI=1S/C18H20ClNO2/c1-2-17(22-16-9-4-3-5-10-16)18(21)20-12-11-14-7-6-8-15(19)13-14/h3-10,13,17H,2,11-12H2,1H3,(H,20,21). The normalized spacial score (nSPS) is 11.7. The van der Waals surface area contributed by atoms with E-state index >= 15 is 0 Å². The van der Waals surface area contributed by atoms with E-state index in [1.807, 2.05) is 61.5 Å². The molecule has 2 aromatic carbocycles. The number of ether oxygens (including phenoxy) is 1. The van der Waals surface area contributed by atoms with E-state index in [1.54, 1.807) is 0 Å². The maximum atomic E-state index is 12.2. The van der Waals surface area contributed by atoms with Crippen molar-refractivity contribution in [3.63, 3.8) is 0 Å². The summed E-state index contributed by atoms with van der Waals surface area (Å²) in [5.74, 6) is 0.618. The first-order valence-electron chi connectivity index (χ1n) is 7.43. The van der Waals surface area contributed by atoms with Crippen molar-refractivity contribution in [3.8, 4) is 5.75 Å². The van der Waals surface area contributed by atoms with E-state index in [2.05, 4.69) is 5.32 Å². The molecule has 2 rings (SSSR count). The van der Waals surface area contributed by atoms with Crippen molar-refractivity contribution in [1.82, 2.24) is 5.32 Å². The lowest BCUT2D eigenvalue weighted by atomic mass is 10.1. The Balaban J connectivity index is 1.82. The molecule has 0 radical (unpaired) electrons. The highest BCUT2D eigenvalue weighted by molar-refractivity contribution is 6.30. The van der Waals surface area contributed by atoms with Gasteiger partial charge in [0.15, 0.2) is 6.10 Å². The summed E-state index contributed by atoms with van der Waals surface area (Å²) < 4.78 is 5.71. The van der Waals surface area contributed by atoms with Gasteiger partial charge in [0, 0.05) is 11.6 Å². The molecule has 1 amide bonds. The Morgan fingerprint density at radius 2 is 1.95 bits per heavy atom. The number of benzene rings is 2. The minimum absolute atomic E-state index is 0.0895. The fourth-order valence-corrected chi connectivity index (χ4v) is 2.33. The molecule has 0 saturated heterocycles. The second-order valence-corrected chi connectivity index (χ2v) is 5.44. The lowest BCUT2D eigenvalue weighted by Gasteiger charge is -2.17. The van der Waals surface area contributed by atoms with Gasteiger partial charge in [0.2, 0.25) is 0 Å². The second-order valence-electron chi connectivity index (χ2n) is 5.00. The quantitative estimate of drug-likeness (QED) is 0.842. The zero-order chi connectivity index (χ0) is 15.8. The topological polar surface area (TPSA) is 38.3 Å². The lowest BCUT2D eigenvalue weighted by molar-refractivity contribution is -0.128. The molecule has 116 valence electrons. The summed E-state index contributed by atoms with van der Waals surface area (Å²) in [6, 6.07) is 17.0. The molecule has 3 nitrogen and oxygen atoms in total. The third-order valence-electron chi connectivity index (χ3n) is 3.29. The Hall–Kier alpha value is -2.00. The van der Waals surface area contributed by atoms with Crippen LogP contribution in [0.2, 0.25) is 5.02 Å². The molecule has 0 aliphatic rings. The number of carbonyl (C=O) groups excluding carboxylic acids is 1. The van der Waals surface area contributed by atoms with Gasteiger partial charge >= 0.3 is 0 Å². The molecule has 1 unspecified atom stereocenters. The maximum absolute atomic E-state index is 12.2. The summed E-state index contributed by atoms with van der Waals surface area (Å²) in [7, 11) is 0. The monoisotopic (exact) mass is 317 g/mol. The van der Waals surface area contributed by atoms with Gasteiger partial charge in [-0.25, -0.2) is 0 Å². The van der Waals surface area contributed by atoms with Crippen LogP contribution in [-0.4, -0.2) is 18.6 Å². The first kappa shape index (κ1) is 16.4. The van der Waals surface area contributed by atoms with Crippen molar-refractivity contribution in [2.75, 3.05) is 6.54 Å². The van der Waals surface area contributed by atoms with Gasteiger partial charge in [-0.2, -0.15) is 0 Å². The predicted octanol–water partition coefficient (Wildman–Crippen LogP) is 3.86. The Bertz CT molecular complexity index is 601.